The first-order chi connectivity index (χ1) is 16.1. The van der Waals surface area contributed by atoms with Crippen LogP contribution in [-0.4, -0.2) is 39.8 Å². The average molecular weight is 463 g/mol. The lowest BCUT2D eigenvalue weighted by Gasteiger charge is -2.33. The van der Waals surface area contributed by atoms with Crippen molar-refractivity contribution >= 4 is 39.1 Å². The average Bonchev–Trinajstić information content (AvgIpc) is 3.45. The van der Waals surface area contributed by atoms with Crippen LogP contribution in [0, 0.1) is 5.92 Å². The summed E-state index contributed by atoms with van der Waals surface area (Å²) in [6, 6.07) is 13.8. The zero-order valence-corrected chi connectivity index (χ0v) is 19.1. The molecule has 170 valence electrons. The van der Waals surface area contributed by atoms with Crippen LogP contribution in [0.5, 0.6) is 0 Å². The van der Waals surface area contributed by atoms with Crippen molar-refractivity contribution in [1.82, 2.24) is 14.9 Å². The van der Waals surface area contributed by atoms with Gasteiger partial charge in [0.25, 0.3) is 5.91 Å². The fraction of sp³-hybridized carbons (Fsp3) is 0.333. The fourth-order valence-electron chi connectivity index (χ4n) is 4.54. The van der Waals surface area contributed by atoms with Crippen LogP contribution in [0.1, 0.15) is 40.9 Å². The van der Waals surface area contributed by atoms with E-state index in [9.17, 15) is 9.59 Å². The number of rotatable bonds is 6. The van der Waals surface area contributed by atoms with Crippen LogP contribution in [0.2, 0.25) is 0 Å². The van der Waals surface area contributed by atoms with Crippen molar-refractivity contribution in [2.75, 3.05) is 23.3 Å². The van der Waals surface area contributed by atoms with Crippen molar-refractivity contribution in [2.45, 2.75) is 32.4 Å². The number of aromatic nitrogens is 2. The Kier molecular flexibility index (Phi) is 5.95. The quantitative estimate of drug-likeness (QED) is 0.581. The maximum atomic E-state index is 13.0. The third-order valence-electron chi connectivity index (χ3n) is 6.20. The predicted octanol–water partition coefficient (Wildman–Crippen LogP) is 3.53. The van der Waals surface area contributed by atoms with Gasteiger partial charge in [-0.05, 0) is 42.0 Å². The molecular weight excluding hydrogens is 436 g/mol. The molecule has 0 saturated carbocycles. The number of carbonyl (C=O) groups is 2. The molecule has 2 aliphatic rings. The van der Waals surface area contributed by atoms with Crippen molar-refractivity contribution in [3.63, 3.8) is 0 Å². The number of hydrogen-bond acceptors (Lipinski definition) is 7. The second kappa shape index (κ2) is 9.19. The van der Waals surface area contributed by atoms with E-state index in [1.54, 1.807) is 6.20 Å². The normalized spacial score (nSPS) is 17.6. The van der Waals surface area contributed by atoms with Gasteiger partial charge in [-0.1, -0.05) is 41.7 Å². The number of amides is 2. The van der Waals surface area contributed by atoms with Crippen molar-refractivity contribution in [3.05, 3.63) is 65.5 Å². The second-order valence-corrected chi connectivity index (χ2v) is 9.53. The van der Waals surface area contributed by atoms with E-state index in [-0.39, 0.29) is 17.5 Å². The molecular formula is C24H26N6O2S. The molecule has 0 bridgehead atoms. The zero-order valence-electron chi connectivity index (χ0n) is 18.2. The van der Waals surface area contributed by atoms with E-state index in [0.717, 1.165) is 31.1 Å². The molecule has 3 aromatic rings. The number of carbonyl (C=O) groups excluding carboxylic acids is 2. The number of fused-ring (bicyclic) bond motifs is 1. The van der Waals surface area contributed by atoms with E-state index in [1.807, 2.05) is 35.2 Å². The standard InChI is InChI=1S/C24H26N6O2S/c25-22(32)21-23(27-19-9-3-4-10-26-19)33-24(28-21)29-11-5-6-16(13-29)12-20(31)30-14-17-7-1-2-8-18(17)15-30/h1-4,7-10,16H,5-6,11-15H2,(H2,25,32)(H,26,27)/t16-/m0/s1. The molecule has 2 aromatic heterocycles. The molecule has 2 aliphatic heterocycles. The molecule has 0 unspecified atom stereocenters. The molecule has 0 aliphatic carbocycles. The van der Waals surface area contributed by atoms with Gasteiger partial charge in [-0.2, -0.15) is 0 Å². The maximum absolute atomic E-state index is 13.0. The lowest BCUT2D eigenvalue weighted by Crippen LogP contribution is -2.38. The highest BCUT2D eigenvalue weighted by molar-refractivity contribution is 7.20. The Morgan fingerprint density at radius 1 is 1.12 bits per heavy atom. The molecule has 5 rings (SSSR count). The third-order valence-corrected chi connectivity index (χ3v) is 7.23. The molecule has 1 saturated heterocycles. The van der Waals surface area contributed by atoms with Crippen molar-refractivity contribution in [1.29, 1.82) is 0 Å². The predicted molar refractivity (Wildman–Crippen MR) is 128 cm³/mol. The van der Waals surface area contributed by atoms with Crippen LogP contribution >= 0.6 is 11.3 Å². The van der Waals surface area contributed by atoms with E-state index >= 15 is 0 Å². The Balaban J connectivity index is 1.25. The van der Waals surface area contributed by atoms with Crippen LogP contribution in [0.25, 0.3) is 0 Å². The Morgan fingerprint density at radius 2 is 1.88 bits per heavy atom. The number of hydrogen-bond donors (Lipinski definition) is 2. The minimum Gasteiger partial charge on any atom is -0.364 e. The number of primary amides is 1. The monoisotopic (exact) mass is 462 g/mol. The summed E-state index contributed by atoms with van der Waals surface area (Å²) in [6.07, 6.45) is 4.19. The van der Waals surface area contributed by atoms with Crippen molar-refractivity contribution in [2.24, 2.45) is 11.7 Å². The molecule has 0 spiro atoms. The maximum Gasteiger partial charge on any atom is 0.270 e. The molecule has 33 heavy (non-hydrogen) atoms. The molecule has 8 nitrogen and oxygen atoms in total. The summed E-state index contributed by atoms with van der Waals surface area (Å²) < 4.78 is 0. The Morgan fingerprint density at radius 3 is 2.58 bits per heavy atom. The number of nitrogens with zero attached hydrogens (tertiary/aromatic N) is 4. The number of nitrogens with two attached hydrogens (primary N) is 1. The van der Waals surface area contributed by atoms with E-state index in [1.165, 1.54) is 22.5 Å². The summed E-state index contributed by atoms with van der Waals surface area (Å²) in [5, 5.41) is 4.49. The zero-order chi connectivity index (χ0) is 22.8. The van der Waals surface area contributed by atoms with Gasteiger partial charge in [0.05, 0.1) is 0 Å². The lowest BCUT2D eigenvalue weighted by molar-refractivity contribution is -0.132. The van der Waals surface area contributed by atoms with Crippen LogP contribution in [0.4, 0.5) is 16.0 Å². The smallest absolute Gasteiger partial charge is 0.270 e. The molecule has 1 fully saturated rings. The van der Waals surface area contributed by atoms with E-state index in [0.29, 0.717) is 30.3 Å². The van der Waals surface area contributed by atoms with Crippen LogP contribution in [0.15, 0.2) is 48.7 Å². The molecule has 2 amide bonds. The summed E-state index contributed by atoms with van der Waals surface area (Å²) >= 11 is 1.39. The Hall–Kier alpha value is -3.46. The molecule has 0 radical (unpaired) electrons. The Labute approximate surface area is 196 Å². The lowest BCUT2D eigenvalue weighted by atomic mass is 9.94. The minimum absolute atomic E-state index is 0.201. The van der Waals surface area contributed by atoms with Crippen molar-refractivity contribution < 1.29 is 9.59 Å². The Bertz CT molecular complexity index is 1140. The molecule has 3 N–H and O–H groups in total. The van der Waals surface area contributed by atoms with Gasteiger partial charge in [0.15, 0.2) is 10.8 Å². The molecule has 1 atom stereocenters. The molecule has 4 heterocycles. The summed E-state index contributed by atoms with van der Waals surface area (Å²) in [7, 11) is 0. The summed E-state index contributed by atoms with van der Waals surface area (Å²) in [6.45, 7) is 2.97. The SMILES string of the molecule is NC(=O)c1nc(N2CCC[C@@H](CC(=O)N3Cc4ccccc4C3)C2)sc1Nc1ccccn1. The summed E-state index contributed by atoms with van der Waals surface area (Å²) in [5.74, 6) is 0.507. The number of thiazole rings is 1. The molecule has 9 heteroatoms. The van der Waals surface area contributed by atoms with Gasteiger partial charge >= 0.3 is 0 Å². The van der Waals surface area contributed by atoms with Gasteiger partial charge in [-0.25, -0.2) is 9.97 Å². The largest absolute Gasteiger partial charge is 0.364 e. The number of anilines is 3. The third kappa shape index (κ3) is 4.68. The van der Waals surface area contributed by atoms with Gasteiger partial charge in [-0.15, -0.1) is 0 Å². The number of benzene rings is 1. The first kappa shape index (κ1) is 21.4. The highest BCUT2D eigenvalue weighted by Gasteiger charge is 2.29. The van der Waals surface area contributed by atoms with Crippen molar-refractivity contribution in [3.8, 4) is 0 Å². The molecule has 1 aromatic carbocycles. The van der Waals surface area contributed by atoms with Gasteiger partial charge < -0.3 is 20.9 Å². The van der Waals surface area contributed by atoms with Gasteiger partial charge in [0.2, 0.25) is 5.91 Å². The van der Waals surface area contributed by atoms with E-state index in [2.05, 4.69) is 32.3 Å². The summed E-state index contributed by atoms with van der Waals surface area (Å²) in [5.41, 5.74) is 8.29. The van der Waals surface area contributed by atoms with E-state index < -0.39 is 5.91 Å². The highest BCUT2D eigenvalue weighted by atomic mass is 32.1. The van der Waals surface area contributed by atoms with E-state index in [4.69, 9.17) is 5.73 Å². The second-order valence-electron chi connectivity index (χ2n) is 8.56. The first-order valence-electron chi connectivity index (χ1n) is 11.1. The van der Waals surface area contributed by atoms with Gasteiger partial charge in [0.1, 0.15) is 10.8 Å². The van der Waals surface area contributed by atoms with Crippen LogP contribution < -0.4 is 16.0 Å². The summed E-state index contributed by atoms with van der Waals surface area (Å²) in [4.78, 5) is 37.9. The number of pyridine rings is 1. The van der Waals surface area contributed by atoms with Gasteiger partial charge in [-0.3, -0.25) is 9.59 Å². The minimum atomic E-state index is -0.576. The number of nitrogens with one attached hydrogen (secondary N) is 1. The number of piperidine rings is 1. The van der Waals surface area contributed by atoms with Crippen LogP contribution in [0.3, 0.4) is 0 Å². The topological polar surface area (TPSA) is 104 Å². The van der Waals surface area contributed by atoms with Crippen LogP contribution in [-0.2, 0) is 17.9 Å². The highest BCUT2D eigenvalue weighted by Crippen LogP contribution is 2.35. The fourth-order valence-corrected chi connectivity index (χ4v) is 5.55. The first-order valence-corrected chi connectivity index (χ1v) is 12.0. The van der Waals surface area contributed by atoms with Gasteiger partial charge in [0, 0.05) is 38.8 Å².